The van der Waals surface area contributed by atoms with Crippen molar-refractivity contribution in [2.24, 2.45) is 12.8 Å². The number of nitrogens with two attached hydrogens (primary N) is 1. The van der Waals surface area contributed by atoms with Crippen LogP contribution in [-0.4, -0.2) is 9.78 Å². The molecule has 96 valence electrons. The third-order valence-corrected chi connectivity index (χ3v) is 4.18. The lowest BCUT2D eigenvalue weighted by Crippen LogP contribution is -2.13. The van der Waals surface area contributed by atoms with Crippen LogP contribution in [0.25, 0.3) is 0 Å². The van der Waals surface area contributed by atoms with Gasteiger partial charge >= 0.3 is 0 Å². The summed E-state index contributed by atoms with van der Waals surface area (Å²) in [6.45, 7) is 1.96. The third kappa shape index (κ3) is 2.87. The predicted molar refractivity (Wildman–Crippen MR) is 82.7 cm³/mol. The fraction of sp³-hybridized carbons (Fsp3) is 0.308. The van der Waals surface area contributed by atoms with E-state index in [1.165, 1.54) is 3.57 Å². The van der Waals surface area contributed by atoms with Gasteiger partial charge in [-0.05, 0) is 53.6 Å². The maximum absolute atomic E-state index is 6.23. The molecule has 0 aliphatic rings. The lowest BCUT2D eigenvalue weighted by atomic mass is 10.0. The fourth-order valence-corrected chi connectivity index (χ4v) is 2.56. The zero-order valence-electron chi connectivity index (χ0n) is 10.3. The Labute approximate surface area is 125 Å². The second-order valence-corrected chi connectivity index (χ2v) is 5.94. The quantitative estimate of drug-likeness (QED) is 0.837. The molecule has 2 rings (SSSR count). The molecule has 18 heavy (non-hydrogen) atoms. The Morgan fingerprint density at radius 3 is 2.50 bits per heavy atom. The molecule has 5 heteroatoms. The topological polar surface area (TPSA) is 43.8 Å². The van der Waals surface area contributed by atoms with Crippen molar-refractivity contribution in [2.75, 3.05) is 0 Å². The van der Waals surface area contributed by atoms with Gasteiger partial charge in [-0.2, -0.15) is 5.10 Å². The van der Waals surface area contributed by atoms with Crippen LogP contribution >= 0.6 is 34.2 Å². The molecule has 1 aromatic heterocycles. The van der Waals surface area contributed by atoms with E-state index < -0.39 is 0 Å². The molecule has 1 aromatic carbocycles. The highest BCUT2D eigenvalue weighted by Gasteiger charge is 2.15. The number of halogens is 2. The Kier molecular flexibility index (Phi) is 4.29. The van der Waals surface area contributed by atoms with Gasteiger partial charge in [-0.15, -0.1) is 0 Å². The van der Waals surface area contributed by atoms with Crippen LogP contribution in [0.3, 0.4) is 0 Å². The van der Waals surface area contributed by atoms with Crippen LogP contribution in [0.15, 0.2) is 24.3 Å². The van der Waals surface area contributed by atoms with E-state index >= 15 is 0 Å². The molecule has 3 nitrogen and oxygen atoms in total. The lowest BCUT2D eigenvalue weighted by molar-refractivity contribution is 0.718. The fourth-order valence-electron chi connectivity index (χ4n) is 1.95. The summed E-state index contributed by atoms with van der Waals surface area (Å²) in [7, 11) is 1.84. The molecule has 0 aliphatic carbocycles. The second-order valence-electron chi connectivity index (χ2n) is 4.34. The van der Waals surface area contributed by atoms with Gasteiger partial charge in [-0.3, -0.25) is 4.68 Å². The van der Waals surface area contributed by atoms with Crippen molar-refractivity contribution >= 4 is 34.2 Å². The van der Waals surface area contributed by atoms with Crippen molar-refractivity contribution in [1.82, 2.24) is 9.78 Å². The number of aromatic nitrogens is 2. The number of aryl methyl sites for hydroxylation is 2. The average molecular weight is 376 g/mol. The van der Waals surface area contributed by atoms with E-state index in [4.69, 9.17) is 17.3 Å². The Morgan fingerprint density at radius 2 is 2.00 bits per heavy atom. The molecule has 2 N–H and O–H groups in total. The first kappa shape index (κ1) is 13.8. The molecule has 0 saturated carbocycles. The van der Waals surface area contributed by atoms with Crippen LogP contribution < -0.4 is 5.73 Å². The zero-order valence-corrected chi connectivity index (χ0v) is 13.2. The molecule has 0 bridgehead atoms. The first-order valence-electron chi connectivity index (χ1n) is 5.68. The van der Waals surface area contributed by atoms with Crippen LogP contribution in [0.1, 0.15) is 22.9 Å². The van der Waals surface area contributed by atoms with Gasteiger partial charge < -0.3 is 5.73 Å². The molecular weight excluding hydrogens is 361 g/mol. The van der Waals surface area contributed by atoms with Crippen LogP contribution in [0.5, 0.6) is 0 Å². The van der Waals surface area contributed by atoms with E-state index in [2.05, 4.69) is 52.0 Å². The summed E-state index contributed by atoms with van der Waals surface area (Å²) in [6.07, 6.45) is 0.707. The Morgan fingerprint density at radius 1 is 1.39 bits per heavy atom. The summed E-state index contributed by atoms with van der Waals surface area (Å²) >= 11 is 8.50. The van der Waals surface area contributed by atoms with Gasteiger partial charge in [0.05, 0.1) is 5.69 Å². The second kappa shape index (κ2) is 5.59. The number of nitrogens with zero attached hydrogens (tertiary/aromatic N) is 2. The monoisotopic (exact) mass is 375 g/mol. The van der Waals surface area contributed by atoms with Crippen LogP contribution in [0.2, 0.25) is 5.15 Å². The molecule has 1 heterocycles. The van der Waals surface area contributed by atoms with Crippen molar-refractivity contribution in [3.63, 3.8) is 0 Å². The highest BCUT2D eigenvalue weighted by molar-refractivity contribution is 14.1. The Bertz CT molecular complexity index is 548. The van der Waals surface area contributed by atoms with Gasteiger partial charge in [0.25, 0.3) is 0 Å². The number of benzene rings is 1. The maximum Gasteiger partial charge on any atom is 0.130 e. The van der Waals surface area contributed by atoms with Gasteiger partial charge in [0.1, 0.15) is 5.15 Å². The van der Waals surface area contributed by atoms with Crippen LogP contribution in [0.4, 0.5) is 0 Å². The maximum atomic E-state index is 6.23. The summed E-state index contributed by atoms with van der Waals surface area (Å²) < 4.78 is 2.89. The van der Waals surface area contributed by atoms with Gasteiger partial charge in [0, 0.05) is 22.2 Å². The van der Waals surface area contributed by atoms with Gasteiger partial charge in [-0.1, -0.05) is 23.7 Å². The van der Waals surface area contributed by atoms with Crippen molar-refractivity contribution in [3.8, 4) is 0 Å². The molecule has 0 spiro atoms. The summed E-state index contributed by atoms with van der Waals surface area (Å²) in [5.41, 5.74) is 9.33. The zero-order chi connectivity index (χ0) is 13.3. The SMILES string of the molecule is Cc1nn(C)c(Cl)c1CC(N)c1ccc(I)cc1. The van der Waals surface area contributed by atoms with E-state index in [-0.39, 0.29) is 6.04 Å². The molecule has 2 aromatic rings. The van der Waals surface area contributed by atoms with E-state index in [1.807, 2.05) is 14.0 Å². The van der Waals surface area contributed by atoms with E-state index in [1.54, 1.807) is 4.68 Å². The number of hydrogen-bond donors (Lipinski definition) is 1. The van der Waals surface area contributed by atoms with Gasteiger partial charge in [0.15, 0.2) is 0 Å². The molecule has 1 atom stereocenters. The Hall–Kier alpha value is -0.590. The lowest BCUT2D eigenvalue weighted by Gasteiger charge is -2.12. The molecular formula is C13H15ClIN3. The normalized spacial score (nSPS) is 12.7. The van der Waals surface area contributed by atoms with Gasteiger partial charge in [0.2, 0.25) is 0 Å². The van der Waals surface area contributed by atoms with Crippen molar-refractivity contribution in [1.29, 1.82) is 0 Å². The first-order valence-corrected chi connectivity index (χ1v) is 7.13. The highest BCUT2D eigenvalue weighted by atomic mass is 127. The Balaban J connectivity index is 2.21. The van der Waals surface area contributed by atoms with E-state index in [0.717, 1.165) is 16.8 Å². The summed E-state index contributed by atoms with van der Waals surface area (Å²) in [5.74, 6) is 0. The minimum Gasteiger partial charge on any atom is -0.324 e. The largest absolute Gasteiger partial charge is 0.324 e. The molecule has 0 amide bonds. The van der Waals surface area contributed by atoms with Crippen molar-refractivity contribution in [2.45, 2.75) is 19.4 Å². The minimum absolute atomic E-state index is 0.0533. The molecule has 0 aliphatic heterocycles. The predicted octanol–water partition coefficient (Wildman–Crippen LogP) is 3.23. The van der Waals surface area contributed by atoms with E-state index in [9.17, 15) is 0 Å². The molecule has 0 fully saturated rings. The van der Waals surface area contributed by atoms with Crippen LogP contribution in [-0.2, 0) is 13.5 Å². The number of rotatable bonds is 3. The van der Waals surface area contributed by atoms with Crippen molar-refractivity contribution in [3.05, 3.63) is 49.8 Å². The van der Waals surface area contributed by atoms with Crippen molar-refractivity contribution < 1.29 is 0 Å². The first-order chi connectivity index (χ1) is 8.49. The number of hydrogen-bond acceptors (Lipinski definition) is 2. The highest BCUT2D eigenvalue weighted by Crippen LogP contribution is 2.24. The third-order valence-electron chi connectivity index (χ3n) is 2.99. The van der Waals surface area contributed by atoms with E-state index in [0.29, 0.717) is 11.6 Å². The standard InChI is InChI=1S/C13H15ClIN3/c1-8-11(13(14)18(2)17-8)7-12(16)9-3-5-10(15)6-4-9/h3-6,12H,7,16H2,1-2H3. The molecule has 0 saturated heterocycles. The average Bonchev–Trinajstić information content (AvgIpc) is 2.57. The minimum atomic E-state index is -0.0533. The molecule has 1 unspecified atom stereocenters. The van der Waals surface area contributed by atoms with Crippen LogP contribution in [0, 0.1) is 10.5 Å². The molecule has 0 radical (unpaired) electrons. The summed E-state index contributed by atoms with van der Waals surface area (Å²) in [5, 5.41) is 4.97. The smallest absolute Gasteiger partial charge is 0.130 e. The summed E-state index contributed by atoms with van der Waals surface area (Å²) in [4.78, 5) is 0. The van der Waals surface area contributed by atoms with Gasteiger partial charge in [-0.25, -0.2) is 0 Å². The summed E-state index contributed by atoms with van der Waals surface area (Å²) in [6, 6.07) is 8.20.